The highest BCUT2D eigenvalue weighted by atomic mass is 32.2. The molecule has 0 radical (unpaired) electrons. The van der Waals surface area contributed by atoms with Crippen LogP contribution in [0, 0.1) is 0 Å². The first kappa shape index (κ1) is 30.4. The number of aliphatic carboxylic acids is 2. The van der Waals surface area contributed by atoms with Gasteiger partial charge in [-0.1, -0.05) is 0 Å². The molecule has 0 aliphatic carbocycles. The highest BCUT2D eigenvalue weighted by Gasteiger charge is 2.31. The van der Waals surface area contributed by atoms with Crippen molar-refractivity contribution in [2.24, 2.45) is 11.5 Å². The number of carboxylic acid groups (broad SMARTS) is 2. The minimum absolute atomic E-state index is 0.109. The zero-order valence-corrected chi connectivity index (χ0v) is 20.4. The fourth-order valence-corrected chi connectivity index (χ4v) is 3.46. The van der Waals surface area contributed by atoms with Gasteiger partial charge in [-0.2, -0.15) is 11.8 Å². The van der Waals surface area contributed by atoms with E-state index in [1.165, 1.54) is 24.3 Å². The Hall–Kier alpha value is -3.66. The van der Waals surface area contributed by atoms with E-state index in [4.69, 9.17) is 16.6 Å². The van der Waals surface area contributed by atoms with Gasteiger partial charge in [0.25, 0.3) is 0 Å². The normalized spacial score (nSPS) is 14.1. The molecular weight excluding hydrogens is 498 g/mol. The highest BCUT2D eigenvalue weighted by Crippen LogP contribution is 2.06. The molecule has 1 rings (SSSR count). The molecule has 1 aromatic heterocycles. The number of nitrogens with zero attached hydrogens (tertiary/aromatic N) is 1. The Balaban J connectivity index is 3.06. The first-order chi connectivity index (χ1) is 16.9. The van der Waals surface area contributed by atoms with E-state index < -0.39 is 72.6 Å². The Labute approximate surface area is 210 Å². The third kappa shape index (κ3) is 11.2. The summed E-state index contributed by atoms with van der Waals surface area (Å²) in [4.78, 5) is 78.5. The number of nitrogens with one attached hydrogen (secondary N) is 4. The number of aromatic amines is 1. The van der Waals surface area contributed by atoms with E-state index in [0.717, 1.165) is 0 Å². The van der Waals surface area contributed by atoms with Crippen LogP contribution in [0.3, 0.4) is 0 Å². The van der Waals surface area contributed by atoms with Crippen LogP contribution in [0.25, 0.3) is 0 Å². The molecule has 4 atom stereocenters. The summed E-state index contributed by atoms with van der Waals surface area (Å²) in [5.41, 5.74) is 11.1. The fraction of sp³-hybridized carbons (Fsp3) is 0.550. The van der Waals surface area contributed by atoms with E-state index in [1.54, 1.807) is 6.26 Å². The summed E-state index contributed by atoms with van der Waals surface area (Å²) < 4.78 is 0. The number of carbonyl (C=O) groups is 6. The lowest BCUT2D eigenvalue weighted by Crippen LogP contribution is -2.58. The van der Waals surface area contributed by atoms with Gasteiger partial charge in [-0.15, -0.1) is 0 Å². The minimum Gasteiger partial charge on any atom is -0.481 e. The van der Waals surface area contributed by atoms with Crippen molar-refractivity contribution in [2.45, 2.75) is 56.3 Å². The molecule has 4 amide bonds. The first-order valence-corrected chi connectivity index (χ1v) is 12.2. The Kier molecular flexibility index (Phi) is 13.0. The number of imidazole rings is 1. The number of nitrogens with two attached hydrogens (primary N) is 2. The maximum atomic E-state index is 13.1. The number of aromatic nitrogens is 2. The second-order valence-electron chi connectivity index (χ2n) is 7.79. The van der Waals surface area contributed by atoms with Gasteiger partial charge in [0.15, 0.2) is 0 Å². The van der Waals surface area contributed by atoms with Crippen molar-refractivity contribution < 1.29 is 39.0 Å². The summed E-state index contributed by atoms with van der Waals surface area (Å²) in [6, 6.07) is -5.30. The molecule has 0 aliphatic rings. The molecule has 0 fully saturated rings. The van der Waals surface area contributed by atoms with Crippen LogP contribution in [0.2, 0.25) is 0 Å². The Morgan fingerprint density at radius 2 is 1.61 bits per heavy atom. The number of primary amides is 1. The Morgan fingerprint density at radius 1 is 1.00 bits per heavy atom. The lowest BCUT2D eigenvalue weighted by Gasteiger charge is -2.24. The van der Waals surface area contributed by atoms with Crippen molar-refractivity contribution in [2.75, 3.05) is 12.0 Å². The van der Waals surface area contributed by atoms with Crippen LogP contribution in [-0.4, -0.2) is 91.9 Å². The molecule has 36 heavy (non-hydrogen) atoms. The number of carbonyl (C=O) groups excluding carboxylic acids is 4. The van der Waals surface area contributed by atoms with Crippen LogP contribution >= 0.6 is 11.8 Å². The average Bonchev–Trinajstić information content (AvgIpc) is 3.30. The maximum absolute atomic E-state index is 13.1. The first-order valence-electron chi connectivity index (χ1n) is 10.8. The molecule has 16 heteroatoms. The second kappa shape index (κ2) is 15.4. The standard InChI is InChI=1S/C20H31N7O8S/c1-36-5-4-13(20(34)35)26-18(32)12(2-3-16(29)30)25-19(33)14(6-10-8-23-9-24-10)27-17(31)11(21)7-15(22)28/h8-9,11-14H,2-7,21H2,1H3,(H2,22,28)(H,23,24)(H,25,33)(H,26,32)(H,27,31)(H,29,30)(H,34,35). The van der Waals surface area contributed by atoms with Crippen LogP contribution < -0.4 is 27.4 Å². The van der Waals surface area contributed by atoms with Gasteiger partial charge >= 0.3 is 11.9 Å². The smallest absolute Gasteiger partial charge is 0.326 e. The number of thioether (sulfide) groups is 1. The van der Waals surface area contributed by atoms with E-state index in [-0.39, 0.29) is 19.3 Å². The molecule has 10 N–H and O–H groups in total. The van der Waals surface area contributed by atoms with Gasteiger partial charge in [-0.05, 0) is 24.9 Å². The lowest BCUT2D eigenvalue weighted by atomic mass is 10.1. The quantitative estimate of drug-likeness (QED) is 0.103. The highest BCUT2D eigenvalue weighted by molar-refractivity contribution is 7.98. The third-order valence-electron chi connectivity index (χ3n) is 4.87. The number of hydrogen-bond donors (Lipinski definition) is 8. The summed E-state index contributed by atoms with van der Waals surface area (Å²) in [6.45, 7) is 0. The number of rotatable bonds is 17. The molecule has 15 nitrogen and oxygen atoms in total. The molecule has 4 unspecified atom stereocenters. The SMILES string of the molecule is CSCCC(NC(=O)C(CCC(=O)O)NC(=O)C(Cc1cnc[nH]1)NC(=O)C(N)CC(N)=O)C(=O)O. The lowest BCUT2D eigenvalue weighted by molar-refractivity contribution is -0.143. The largest absolute Gasteiger partial charge is 0.481 e. The predicted octanol–water partition coefficient (Wildman–Crippen LogP) is -2.69. The topological polar surface area (TPSA) is 260 Å². The summed E-state index contributed by atoms with van der Waals surface area (Å²) in [7, 11) is 0. The van der Waals surface area contributed by atoms with Crippen LogP contribution in [-0.2, 0) is 35.2 Å². The van der Waals surface area contributed by atoms with Gasteiger partial charge in [0.1, 0.15) is 18.1 Å². The van der Waals surface area contributed by atoms with Crippen molar-refractivity contribution in [3.63, 3.8) is 0 Å². The average molecular weight is 530 g/mol. The Morgan fingerprint density at radius 3 is 2.14 bits per heavy atom. The predicted molar refractivity (Wildman–Crippen MR) is 127 cm³/mol. The molecule has 0 saturated carbocycles. The van der Waals surface area contributed by atoms with Crippen molar-refractivity contribution >= 4 is 47.3 Å². The summed E-state index contributed by atoms with van der Waals surface area (Å²) in [6.07, 6.45) is 3.19. The molecule has 1 heterocycles. The molecule has 0 spiro atoms. The van der Waals surface area contributed by atoms with Crippen LogP contribution in [0.5, 0.6) is 0 Å². The van der Waals surface area contributed by atoms with Crippen molar-refractivity contribution in [1.82, 2.24) is 25.9 Å². The molecule has 0 bridgehead atoms. The molecule has 1 aromatic rings. The third-order valence-corrected chi connectivity index (χ3v) is 5.52. The van der Waals surface area contributed by atoms with Gasteiger partial charge in [0, 0.05) is 24.7 Å². The summed E-state index contributed by atoms with van der Waals surface area (Å²) in [5.74, 6) is -5.53. The number of hydrogen-bond acceptors (Lipinski definition) is 9. The van der Waals surface area contributed by atoms with Crippen LogP contribution in [0.4, 0.5) is 0 Å². The van der Waals surface area contributed by atoms with E-state index in [0.29, 0.717) is 11.4 Å². The minimum atomic E-state index is -1.41. The van der Waals surface area contributed by atoms with Gasteiger partial charge in [-0.3, -0.25) is 24.0 Å². The number of H-pyrrole nitrogens is 1. The number of carboxylic acids is 2. The molecular formula is C20H31N7O8S. The van der Waals surface area contributed by atoms with E-state index in [9.17, 15) is 33.9 Å². The second-order valence-corrected chi connectivity index (χ2v) is 8.78. The van der Waals surface area contributed by atoms with E-state index >= 15 is 0 Å². The molecule has 0 aliphatic heterocycles. The zero-order chi connectivity index (χ0) is 27.3. The maximum Gasteiger partial charge on any atom is 0.326 e. The van der Waals surface area contributed by atoms with Crippen LogP contribution in [0.15, 0.2) is 12.5 Å². The monoisotopic (exact) mass is 529 g/mol. The van der Waals surface area contributed by atoms with Crippen molar-refractivity contribution in [3.8, 4) is 0 Å². The molecule has 200 valence electrons. The summed E-state index contributed by atoms with van der Waals surface area (Å²) in [5, 5.41) is 25.5. The van der Waals surface area contributed by atoms with Gasteiger partial charge < -0.3 is 42.6 Å². The van der Waals surface area contributed by atoms with Crippen molar-refractivity contribution in [1.29, 1.82) is 0 Å². The van der Waals surface area contributed by atoms with Crippen molar-refractivity contribution in [3.05, 3.63) is 18.2 Å². The van der Waals surface area contributed by atoms with Gasteiger partial charge in [0.2, 0.25) is 23.6 Å². The molecule has 0 saturated heterocycles. The van der Waals surface area contributed by atoms with Gasteiger partial charge in [0.05, 0.1) is 18.8 Å². The van der Waals surface area contributed by atoms with E-state index in [2.05, 4.69) is 25.9 Å². The zero-order valence-electron chi connectivity index (χ0n) is 19.6. The number of amides is 4. The fourth-order valence-electron chi connectivity index (χ4n) is 2.99. The van der Waals surface area contributed by atoms with Gasteiger partial charge in [-0.25, -0.2) is 9.78 Å². The molecule has 0 aromatic carbocycles. The summed E-state index contributed by atoms with van der Waals surface area (Å²) >= 11 is 1.38. The van der Waals surface area contributed by atoms with E-state index in [1.807, 2.05) is 0 Å². The Bertz CT molecular complexity index is 927. The van der Waals surface area contributed by atoms with Crippen LogP contribution in [0.1, 0.15) is 31.4 Å².